The second-order valence-electron chi connectivity index (χ2n) is 4.60. The van der Waals surface area contributed by atoms with E-state index in [0.29, 0.717) is 12.6 Å². The minimum absolute atomic E-state index is 0.351. The quantitative estimate of drug-likeness (QED) is 0.683. The van der Waals surface area contributed by atoms with Crippen LogP contribution in [0.2, 0.25) is 0 Å². The second-order valence-corrected chi connectivity index (χ2v) is 5.99. The zero-order valence-corrected chi connectivity index (χ0v) is 12.5. The third kappa shape index (κ3) is 6.12. The molecule has 0 saturated carbocycles. The van der Waals surface area contributed by atoms with Gasteiger partial charge in [0.15, 0.2) is 0 Å². The Balaban J connectivity index is 2.45. The van der Waals surface area contributed by atoms with E-state index in [1.807, 2.05) is 42.1 Å². The van der Waals surface area contributed by atoms with E-state index in [-0.39, 0.29) is 0 Å². The van der Waals surface area contributed by atoms with Gasteiger partial charge in [0.2, 0.25) is 0 Å². The van der Waals surface area contributed by atoms with Crippen molar-refractivity contribution in [2.24, 2.45) is 0 Å². The van der Waals surface area contributed by atoms with E-state index in [0.717, 1.165) is 23.5 Å². The van der Waals surface area contributed by atoms with Crippen molar-refractivity contribution in [3.63, 3.8) is 0 Å². The summed E-state index contributed by atoms with van der Waals surface area (Å²) in [5, 5.41) is 12.6. The Hall–Kier alpha value is -1.00. The summed E-state index contributed by atoms with van der Waals surface area (Å²) in [5.41, 5.74) is 0.859. The highest BCUT2D eigenvalue weighted by atomic mass is 32.2. The van der Waals surface area contributed by atoms with Gasteiger partial charge in [0, 0.05) is 12.6 Å². The van der Waals surface area contributed by atoms with Crippen molar-refractivity contribution in [3.05, 3.63) is 35.9 Å². The SMILES string of the molecule is CCSCCC(C)NCC(C(=O)O)c1ccccc1. The minimum atomic E-state index is -0.770. The average molecular weight is 281 g/mol. The third-order valence-electron chi connectivity index (χ3n) is 3.07. The summed E-state index contributed by atoms with van der Waals surface area (Å²) in [4.78, 5) is 11.3. The molecule has 0 bridgehead atoms. The first-order valence-corrected chi connectivity index (χ1v) is 7.89. The van der Waals surface area contributed by atoms with Gasteiger partial charge in [0.1, 0.15) is 0 Å². The topological polar surface area (TPSA) is 49.3 Å². The van der Waals surface area contributed by atoms with Gasteiger partial charge in [-0.25, -0.2) is 0 Å². The van der Waals surface area contributed by atoms with Crippen LogP contribution in [-0.4, -0.2) is 35.2 Å². The predicted molar refractivity (Wildman–Crippen MR) is 81.9 cm³/mol. The van der Waals surface area contributed by atoms with Crippen molar-refractivity contribution in [1.82, 2.24) is 5.32 Å². The fraction of sp³-hybridized carbons (Fsp3) is 0.533. The molecule has 0 heterocycles. The highest BCUT2D eigenvalue weighted by molar-refractivity contribution is 7.99. The van der Waals surface area contributed by atoms with Gasteiger partial charge in [-0.05, 0) is 30.4 Å². The number of benzene rings is 1. The molecule has 0 aliphatic carbocycles. The van der Waals surface area contributed by atoms with Gasteiger partial charge in [-0.1, -0.05) is 37.3 Å². The van der Waals surface area contributed by atoms with Crippen molar-refractivity contribution >= 4 is 17.7 Å². The van der Waals surface area contributed by atoms with Crippen LogP contribution in [0, 0.1) is 0 Å². The van der Waals surface area contributed by atoms with Gasteiger partial charge in [-0.15, -0.1) is 0 Å². The van der Waals surface area contributed by atoms with Crippen molar-refractivity contribution in [2.45, 2.75) is 32.2 Å². The van der Waals surface area contributed by atoms with Gasteiger partial charge in [-0.3, -0.25) is 4.79 Å². The zero-order chi connectivity index (χ0) is 14.1. The van der Waals surface area contributed by atoms with Crippen molar-refractivity contribution in [1.29, 1.82) is 0 Å². The Bertz CT molecular complexity index is 370. The molecule has 19 heavy (non-hydrogen) atoms. The van der Waals surface area contributed by atoms with Crippen LogP contribution in [0.4, 0.5) is 0 Å². The smallest absolute Gasteiger partial charge is 0.312 e. The lowest BCUT2D eigenvalue weighted by molar-refractivity contribution is -0.138. The van der Waals surface area contributed by atoms with Crippen LogP contribution in [0.1, 0.15) is 31.7 Å². The lowest BCUT2D eigenvalue weighted by Gasteiger charge is -2.18. The Morgan fingerprint density at radius 3 is 2.63 bits per heavy atom. The van der Waals surface area contributed by atoms with Crippen LogP contribution in [0.25, 0.3) is 0 Å². The molecule has 0 aromatic heterocycles. The van der Waals surface area contributed by atoms with Gasteiger partial charge < -0.3 is 10.4 Å². The maximum absolute atomic E-state index is 11.3. The van der Waals surface area contributed by atoms with Gasteiger partial charge in [0.25, 0.3) is 0 Å². The molecule has 1 aromatic rings. The first kappa shape index (κ1) is 16.1. The van der Waals surface area contributed by atoms with Crippen molar-refractivity contribution in [2.75, 3.05) is 18.1 Å². The molecule has 2 atom stereocenters. The second kappa shape index (κ2) is 8.99. The number of hydrogen-bond donors (Lipinski definition) is 2. The molecule has 0 spiro atoms. The summed E-state index contributed by atoms with van der Waals surface area (Å²) in [7, 11) is 0. The number of hydrogen-bond acceptors (Lipinski definition) is 3. The molecule has 106 valence electrons. The average Bonchev–Trinajstić information content (AvgIpc) is 2.40. The van der Waals surface area contributed by atoms with Crippen LogP contribution >= 0.6 is 11.8 Å². The maximum atomic E-state index is 11.3. The third-order valence-corrected chi connectivity index (χ3v) is 4.00. The van der Waals surface area contributed by atoms with Gasteiger partial charge in [0.05, 0.1) is 5.92 Å². The fourth-order valence-corrected chi connectivity index (χ4v) is 2.67. The lowest BCUT2D eigenvalue weighted by atomic mass is 9.99. The van der Waals surface area contributed by atoms with Gasteiger partial charge >= 0.3 is 5.97 Å². The van der Waals surface area contributed by atoms with Crippen LogP contribution in [-0.2, 0) is 4.79 Å². The molecule has 2 N–H and O–H groups in total. The molecule has 0 radical (unpaired) electrons. The van der Waals surface area contributed by atoms with E-state index >= 15 is 0 Å². The number of carboxylic acids is 1. The summed E-state index contributed by atoms with van der Waals surface area (Å²) < 4.78 is 0. The summed E-state index contributed by atoms with van der Waals surface area (Å²) in [5.74, 6) is 1.01. The molecule has 2 unspecified atom stereocenters. The van der Waals surface area contributed by atoms with E-state index in [4.69, 9.17) is 0 Å². The fourth-order valence-electron chi connectivity index (χ4n) is 1.86. The number of carboxylic acid groups (broad SMARTS) is 1. The van der Waals surface area contributed by atoms with E-state index in [2.05, 4.69) is 19.2 Å². The minimum Gasteiger partial charge on any atom is -0.481 e. The molecule has 0 amide bonds. The Morgan fingerprint density at radius 2 is 2.05 bits per heavy atom. The Labute approximate surface area is 119 Å². The van der Waals surface area contributed by atoms with E-state index in [9.17, 15) is 9.90 Å². The molecule has 4 heteroatoms. The zero-order valence-electron chi connectivity index (χ0n) is 11.6. The molecule has 1 aromatic carbocycles. The highest BCUT2D eigenvalue weighted by Crippen LogP contribution is 2.15. The van der Waals surface area contributed by atoms with Crippen molar-refractivity contribution in [3.8, 4) is 0 Å². The molecule has 0 aliphatic heterocycles. The Kier molecular flexibility index (Phi) is 7.60. The molecular weight excluding hydrogens is 258 g/mol. The summed E-state index contributed by atoms with van der Waals surface area (Å²) >= 11 is 1.92. The largest absolute Gasteiger partial charge is 0.481 e. The predicted octanol–water partition coefficient (Wildman–Crippen LogP) is 2.98. The first-order valence-electron chi connectivity index (χ1n) is 6.74. The first-order chi connectivity index (χ1) is 9.15. The molecule has 0 aliphatic rings. The number of nitrogens with one attached hydrogen (secondary N) is 1. The molecule has 1 rings (SSSR count). The molecule has 0 saturated heterocycles. The lowest BCUT2D eigenvalue weighted by Crippen LogP contribution is -2.33. The van der Waals surface area contributed by atoms with E-state index < -0.39 is 11.9 Å². The standard InChI is InChI=1S/C15H23NO2S/c1-3-19-10-9-12(2)16-11-14(15(17)18)13-7-5-4-6-8-13/h4-8,12,14,16H,3,9-11H2,1-2H3,(H,17,18). The molecular formula is C15H23NO2S. The molecule has 3 nitrogen and oxygen atoms in total. The van der Waals surface area contributed by atoms with Crippen LogP contribution in [0.3, 0.4) is 0 Å². The van der Waals surface area contributed by atoms with E-state index in [1.165, 1.54) is 0 Å². The number of rotatable bonds is 9. The van der Waals surface area contributed by atoms with Crippen LogP contribution in [0.5, 0.6) is 0 Å². The van der Waals surface area contributed by atoms with E-state index in [1.54, 1.807) is 0 Å². The van der Waals surface area contributed by atoms with Gasteiger partial charge in [-0.2, -0.15) is 11.8 Å². The molecule has 0 fully saturated rings. The summed E-state index contributed by atoms with van der Waals surface area (Å²) in [6.45, 7) is 4.75. The monoisotopic (exact) mass is 281 g/mol. The number of aliphatic carboxylic acids is 1. The number of thioether (sulfide) groups is 1. The van der Waals surface area contributed by atoms with Crippen LogP contribution in [0.15, 0.2) is 30.3 Å². The number of carbonyl (C=O) groups is 1. The summed E-state index contributed by atoms with van der Waals surface area (Å²) in [6, 6.07) is 9.76. The highest BCUT2D eigenvalue weighted by Gasteiger charge is 2.19. The maximum Gasteiger partial charge on any atom is 0.312 e. The van der Waals surface area contributed by atoms with Crippen LogP contribution < -0.4 is 5.32 Å². The Morgan fingerprint density at radius 1 is 1.37 bits per heavy atom. The van der Waals surface area contributed by atoms with Crippen molar-refractivity contribution < 1.29 is 9.90 Å². The normalized spacial score (nSPS) is 14.0. The summed E-state index contributed by atoms with van der Waals surface area (Å²) in [6.07, 6.45) is 1.07.